The van der Waals surface area contributed by atoms with E-state index in [-0.39, 0.29) is 85.3 Å². The smallest absolute Gasteiger partial charge is 0.312 e. The molecule has 64 heavy (non-hydrogen) atoms. The molecule has 4 rings (SSSR count). The van der Waals surface area contributed by atoms with Gasteiger partial charge in [-0.2, -0.15) is 0 Å². The van der Waals surface area contributed by atoms with Crippen molar-refractivity contribution < 1.29 is 76.3 Å². The number of esters is 8. The second-order valence-corrected chi connectivity index (χ2v) is 21.1. The first-order chi connectivity index (χ1) is 28.8. The first-order valence-electron chi connectivity index (χ1n) is 22.6. The standard InChI is InChI=1S/C13H22O4.2C12H20O4.C11H18O4/c1-7-11(2,3)10(15)17-13(6)8-9(14)16-12(13,4)5;1-6-11(2,3)10(14)15-8-7-9(13)16-12(8,4)5;1-6-8(2)10(14)16-12(5)7-9(13)15-11(12,3)4;1-5-7(2)10(13)14-8-6-9(12)15-11(8,3)4/h7-8H2,1-6H3;2*8H,6-7H2,1-5H3;7-8H,5-6H2,1-4H3. The van der Waals surface area contributed by atoms with Crippen LogP contribution in [0.5, 0.6) is 0 Å². The van der Waals surface area contributed by atoms with Gasteiger partial charge in [-0.05, 0) is 123 Å². The van der Waals surface area contributed by atoms with E-state index in [4.69, 9.17) is 37.9 Å². The molecule has 0 spiro atoms. The Labute approximate surface area is 381 Å². The summed E-state index contributed by atoms with van der Waals surface area (Å²) in [5.41, 5.74) is -5.72. The average molecular weight is 913 g/mol. The van der Waals surface area contributed by atoms with Gasteiger partial charge in [-0.1, -0.05) is 41.5 Å². The van der Waals surface area contributed by atoms with E-state index in [2.05, 4.69) is 0 Å². The molecule has 0 saturated carbocycles. The van der Waals surface area contributed by atoms with E-state index in [1.165, 1.54) is 0 Å². The Kier molecular flexibility index (Phi) is 19.3. The minimum atomic E-state index is -0.881. The third kappa shape index (κ3) is 14.9. The summed E-state index contributed by atoms with van der Waals surface area (Å²) >= 11 is 0. The second kappa shape index (κ2) is 21.4. The number of carbonyl (C=O) groups is 8. The largest absolute Gasteiger partial charge is 0.457 e. The number of hydrogen-bond donors (Lipinski definition) is 0. The van der Waals surface area contributed by atoms with E-state index in [0.29, 0.717) is 12.8 Å². The number of rotatable bonds is 12. The number of hydrogen-bond acceptors (Lipinski definition) is 16. The molecule has 0 aromatic carbocycles. The molecule has 0 N–H and O–H groups in total. The lowest BCUT2D eigenvalue weighted by Crippen LogP contribution is -2.49. The lowest BCUT2D eigenvalue weighted by molar-refractivity contribution is -0.184. The minimum absolute atomic E-state index is 0.117. The van der Waals surface area contributed by atoms with Crippen molar-refractivity contribution in [2.75, 3.05) is 0 Å². The molecule has 4 fully saturated rings. The van der Waals surface area contributed by atoms with Crippen molar-refractivity contribution in [2.45, 2.75) is 236 Å². The number of ether oxygens (including phenoxy) is 8. The van der Waals surface area contributed by atoms with Crippen LogP contribution in [0.15, 0.2) is 0 Å². The molecule has 0 aromatic rings. The van der Waals surface area contributed by atoms with E-state index >= 15 is 0 Å². The maximum Gasteiger partial charge on any atom is 0.312 e. The fourth-order valence-electron chi connectivity index (χ4n) is 5.95. The van der Waals surface area contributed by atoms with Gasteiger partial charge in [0.15, 0.2) is 23.4 Å². The molecular weight excluding hydrogens is 833 g/mol. The quantitative estimate of drug-likeness (QED) is 0.133. The Hall–Kier alpha value is -4.24. The molecule has 6 unspecified atom stereocenters. The third-order valence-corrected chi connectivity index (χ3v) is 13.3. The summed E-state index contributed by atoms with van der Waals surface area (Å²) in [6.07, 6.45) is 2.49. The summed E-state index contributed by atoms with van der Waals surface area (Å²) in [7, 11) is 0. The predicted molar refractivity (Wildman–Crippen MR) is 235 cm³/mol. The zero-order chi connectivity index (χ0) is 50.2. The molecule has 0 bridgehead atoms. The van der Waals surface area contributed by atoms with Crippen LogP contribution in [0.3, 0.4) is 0 Å². The molecule has 0 aliphatic carbocycles. The van der Waals surface area contributed by atoms with Crippen LogP contribution < -0.4 is 0 Å². The van der Waals surface area contributed by atoms with Crippen molar-refractivity contribution in [2.24, 2.45) is 22.7 Å². The average Bonchev–Trinajstić information content (AvgIpc) is 3.73. The van der Waals surface area contributed by atoms with E-state index in [1.54, 1.807) is 69.2 Å². The molecule has 0 radical (unpaired) electrons. The van der Waals surface area contributed by atoms with E-state index < -0.39 is 56.6 Å². The predicted octanol–water partition coefficient (Wildman–Crippen LogP) is 8.24. The second-order valence-electron chi connectivity index (χ2n) is 21.1. The van der Waals surface area contributed by atoms with Gasteiger partial charge in [-0.25, -0.2) is 0 Å². The molecule has 0 aromatic heterocycles. The van der Waals surface area contributed by atoms with Gasteiger partial charge in [0.05, 0.1) is 48.3 Å². The van der Waals surface area contributed by atoms with Gasteiger partial charge in [0.2, 0.25) is 0 Å². The molecule has 6 atom stereocenters. The van der Waals surface area contributed by atoms with Crippen molar-refractivity contribution >= 4 is 47.8 Å². The molecule has 0 amide bonds. The van der Waals surface area contributed by atoms with Crippen LogP contribution in [0.2, 0.25) is 0 Å². The summed E-state index contributed by atoms with van der Waals surface area (Å²) in [4.78, 5) is 92.1. The lowest BCUT2D eigenvalue weighted by atomic mass is 9.85. The van der Waals surface area contributed by atoms with Gasteiger partial charge >= 0.3 is 47.8 Å². The highest BCUT2D eigenvalue weighted by atomic mass is 16.6. The highest BCUT2D eigenvalue weighted by Gasteiger charge is 2.57. The Morgan fingerprint density at radius 3 is 1.19 bits per heavy atom. The van der Waals surface area contributed by atoms with Gasteiger partial charge < -0.3 is 37.9 Å². The van der Waals surface area contributed by atoms with Crippen molar-refractivity contribution in [1.29, 1.82) is 0 Å². The van der Waals surface area contributed by atoms with Crippen molar-refractivity contribution in [3.05, 3.63) is 0 Å². The van der Waals surface area contributed by atoms with Gasteiger partial charge in [-0.3, -0.25) is 38.4 Å². The fraction of sp³-hybridized carbons (Fsp3) is 0.833. The molecule has 4 aliphatic rings. The molecular formula is C48H80O16. The SMILES string of the molecule is CCC(C)(C)C(=O)OC1(C)CC(=O)OC1(C)C.CCC(C)(C)C(=O)OC1CC(=O)OC1(C)C.CCC(C)C(=O)OC1(C)CC(=O)OC1(C)C.CCC(C)C(=O)OC1CC(=O)OC1(C)C. The first-order valence-corrected chi connectivity index (χ1v) is 22.6. The topological polar surface area (TPSA) is 210 Å². The summed E-state index contributed by atoms with van der Waals surface area (Å²) in [6.45, 7) is 36.3. The highest BCUT2D eigenvalue weighted by Crippen LogP contribution is 2.42. The summed E-state index contributed by atoms with van der Waals surface area (Å²) < 4.78 is 42.2. The number of cyclic esters (lactones) is 4. The maximum absolute atomic E-state index is 12.1. The molecule has 16 nitrogen and oxygen atoms in total. The Balaban J connectivity index is 0.000000427. The van der Waals surface area contributed by atoms with Gasteiger partial charge in [-0.15, -0.1) is 0 Å². The van der Waals surface area contributed by atoms with Crippen LogP contribution in [0.25, 0.3) is 0 Å². The van der Waals surface area contributed by atoms with Crippen molar-refractivity contribution in [3.63, 3.8) is 0 Å². The molecule has 4 heterocycles. The van der Waals surface area contributed by atoms with Gasteiger partial charge in [0.25, 0.3) is 0 Å². The Morgan fingerprint density at radius 2 is 0.875 bits per heavy atom. The maximum atomic E-state index is 12.1. The van der Waals surface area contributed by atoms with Crippen LogP contribution in [0.1, 0.15) is 190 Å². The normalized spacial score (nSPS) is 26.9. The molecule has 16 heteroatoms. The zero-order valence-corrected chi connectivity index (χ0v) is 42.5. The number of carbonyl (C=O) groups excluding carboxylic acids is 8. The monoisotopic (exact) mass is 913 g/mol. The van der Waals surface area contributed by atoms with Crippen LogP contribution >= 0.6 is 0 Å². The first kappa shape index (κ1) is 57.8. The Bertz CT molecular complexity index is 1720. The van der Waals surface area contributed by atoms with E-state index in [1.807, 2.05) is 69.2 Å². The highest BCUT2D eigenvalue weighted by molar-refractivity contribution is 5.80. The summed E-state index contributed by atoms with van der Waals surface area (Å²) in [5.74, 6) is -2.60. The van der Waals surface area contributed by atoms with Crippen LogP contribution in [-0.2, 0) is 76.3 Å². The fourth-order valence-corrected chi connectivity index (χ4v) is 5.95. The van der Waals surface area contributed by atoms with Crippen molar-refractivity contribution in [1.82, 2.24) is 0 Å². The van der Waals surface area contributed by atoms with Crippen LogP contribution in [0, 0.1) is 22.7 Å². The molecule has 4 saturated heterocycles. The van der Waals surface area contributed by atoms with E-state index in [9.17, 15) is 38.4 Å². The lowest BCUT2D eigenvalue weighted by Gasteiger charge is -2.36. The molecule has 368 valence electrons. The zero-order valence-electron chi connectivity index (χ0n) is 42.5. The van der Waals surface area contributed by atoms with Gasteiger partial charge in [0.1, 0.15) is 22.4 Å². The van der Waals surface area contributed by atoms with Crippen molar-refractivity contribution in [3.8, 4) is 0 Å². The van der Waals surface area contributed by atoms with Crippen LogP contribution in [0.4, 0.5) is 0 Å². The van der Waals surface area contributed by atoms with Crippen LogP contribution in [-0.4, -0.2) is 93.6 Å². The third-order valence-electron chi connectivity index (χ3n) is 13.3. The minimum Gasteiger partial charge on any atom is -0.457 e. The molecule has 4 aliphatic heterocycles. The summed E-state index contributed by atoms with van der Waals surface area (Å²) in [5, 5.41) is 0. The Morgan fingerprint density at radius 1 is 0.531 bits per heavy atom. The summed E-state index contributed by atoms with van der Waals surface area (Å²) in [6, 6.07) is 0. The van der Waals surface area contributed by atoms with E-state index in [0.717, 1.165) is 12.8 Å². The van der Waals surface area contributed by atoms with Gasteiger partial charge in [0, 0.05) is 0 Å².